The van der Waals surface area contributed by atoms with Crippen molar-refractivity contribution in [3.63, 3.8) is 0 Å². The third-order valence-corrected chi connectivity index (χ3v) is 6.87. The predicted octanol–water partition coefficient (Wildman–Crippen LogP) is 2.94. The maximum absolute atomic E-state index is 13.2. The molecule has 0 spiro atoms. The van der Waals surface area contributed by atoms with Crippen molar-refractivity contribution < 1.29 is 9.90 Å². The van der Waals surface area contributed by atoms with Gasteiger partial charge in [-0.15, -0.1) is 0 Å². The highest BCUT2D eigenvalue weighted by Crippen LogP contribution is 2.42. The van der Waals surface area contributed by atoms with Gasteiger partial charge in [-0.1, -0.05) is 24.0 Å². The molecule has 2 aliphatic heterocycles. The highest BCUT2D eigenvalue weighted by atomic mass is 16.3. The van der Waals surface area contributed by atoms with Crippen molar-refractivity contribution >= 4 is 5.91 Å². The largest absolute Gasteiger partial charge is 0.395 e. The van der Waals surface area contributed by atoms with E-state index >= 15 is 0 Å². The Morgan fingerprint density at radius 2 is 1.68 bits per heavy atom. The van der Waals surface area contributed by atoms with Gasteiger partial charge in [0.25, 0.3) is 5.91 Å². The molecule has 0 radical (unpaired) electrons. The van der Waals surface area contributed by atoms with Crippen molar-refractivity contribution in [3.8, 4) is 11.8 Å². The molecule has 4 heterocycles. The average Bonchev–Trinajstić information content (AvgIpc) is 2.88. The standard InChI is InChI=1S/C28H28N4O2/c33-20-26-27(23-11-9-21(10-12-23)7-8-22-5-3-13-29-17-22)25-19-31(15-1-2-16-32(25)26)28(34)24-6-4-14-30-18-24/h3-6,9-14,17-18,25-27,33H,1-2,15-16,19-20H2/t25-,26+,27-/m0/s1. The number of aliphatic hydroxyl groups is 1. The Kier molecular flexibility index (Phi) is 6.66. The lowest BCUT2D eigenvalue weighted by Gasteiger charge is -2.57. The predicted molar refractivity (Wildman–Crippen MR) is 130 cm³/mol. The summed E-state index contributed by atoms with van der Waals surface area (Å²) < 4.78 is 0. The van der Waals surface area contributed by atoms with E-state index in [-0.39, 0.29) is 30.5 Å². The van der Waals surface area contributed by atoms with Crippen LogP contribution >= 0.6 is 0 Å². The summed E-state index contributed by atoms with van der Waals surface area (Å²) in [6.07, 6.45) is 8.79. The Hall–Kier alpha value is -3.53. The Bertz CT molecular complexity index is 1170. The third kappa shape index (κ3) is 4.58. The lowest BCUT2D eigenvalue weighted by atomic mass is 9.74. The molecule has 2 fully saturated rings. The van der Waals surface area contributed by atoms with E-state index in [2.05, 4.69) is 38.8 Å². The van der Waals surface area contributed by atoms with E-state index in [1.807, 2.05) is 35.2 Å². The summed E-state index contributed by atoms with van der Waals surface area (Å²) in [7, 11) is 0. The topological polar surface area (TPSA) is 69.6 Å². The van der Waals surface area contributed by atoms with Gasteiger partial charge in [-0.3, -0.25) is 19.7 Å². The SMILES string of the molecule is O=C(c1cccnc1)N1CCCCN2[C@H](CO)[C@@H](c3ccc(C#Cc4cccnc4)cc3)[C@@H]2C1. The molecule has 34 heavy (non-hydrogen) atoms. The number of aliphatic hydroxyl groups excluding tert-OH is 1. The van der Waals surface area contributed by atoms with E-state index in [4.69, 9.17) is 0 Å². The van der Waals surface area contributed by atoms with E-state index in [9.17, 15) is 9.90 Å². The number of amides is 1. The zero-order valence-corrected chi connectivity index (χ0v) is 19.0. The van der Waals surface area contributed by atoms with E-state index in [1.54, 1.807) is 30.9 Å². The van der Waals surface area contributed by atoms with Crippen LogP contribution in [0, 0.1) is 11.8 Å². The molecule has 1 aromatic carbocycles. The minimum atomic E-state index is 0.0298. The van der Waals surface area contributed by atoms with Gasteiger partial charge in [-0.25, -0.2) is 0 Å². The summed E-state index contributed by atoms with van der Waals surface area (Å²) in [6.45, 7) is 2.46. The van der Waals surface area contributed by atoms with Crippen molar-refractivity contribution in [2.75, 3.05) is 26.2 Å². The van der Waals surface area contributed by atoms with Gasteiger partial charge in [0.15, 0.2) is 0 Å². The maximum atomic E-state index is 13.2. The van der Waals surface area contributed by atoms with Crippen molar-refractivity contribution in [2.24, 2.45) is 0 Å². The highest BCUT2D eigenvalue weighted by molar-refractivity contribution is 5.93. The smallest absolute Gasteiger partial charge is 0.255 e. The van der Waals surface area contributed by atoms with Crippen LogP contribution in [0.1, 0.15) is 45.8 Å². The van der Waals surface area contributed by atoms with Crippen LogP contribution in [-0.2, 0) is 0 Å². The molecule has 0 aliphatic carbocycles. The van der Waals surface area contributed by atoms with Crippen LogP contribution in [0.15, 0.2) is 73.3 Å². The second kappa shape index (κ2) is 10.2. The Morgan fingerprint density at radius 1 is 0.941 bits per heavy atom. The summed E-state index contributed by atoms with van der Waals surface area (Å²) in [5, 5.41) is 10.2. The molecule has 5 rings (SSSR count). The molecule has 0 saturated carbocycles. The van der Waals surface area contributed by atoms with E-state index in [0.717, 1.165) is 37.1 Å². The number of carbonyl (C=O) groups excluding carboxylic acids is 1. The van der Waals surface area contributed by atoms with Crippen LogP contribution in [0.5, 0.6) is 0 Å². The van der Waals surface area contributed by atoms with Crippen LogP contribution in [0.2, 0.25) is 0 Å². The molecule has 1 amide bonds. The molecule has 3 atom stereocenters. The third-order valence-electron chi connectivity index (χ3n) is 6.87. The molecule has 172 valence electrons. The number of pyridine rings is 2. The van der Waals surface area contributed by atoms with Gasteiger partial charge < -0.3 is 10.0 Å². The first kappa shape index (κ1) is 22.3. The fourth-order valence-electron chi connectivity index (χ4n) is 5.17. The summed E-state index contributed by atoms with van der Waals surface area (Å²) >= 11 is 0. The number of nitrogens with zero attached hydrogens (tertiary/aromatic N) is 4. The van der Waals surface area contributed by atoms with Gasteiger partial charge in [0.05, 0.1) is 12.2 Å². The van der Waals surface area contributed by atoms with Gasteiger partial charge in [-0.2, -0.15) is 0 Å². The molecule has 0 bridgehead atoms. The number of carbonyl (C=O) groups is 1. The van der Waals surface area contributed by atoms with Crippen LogP contribution in [-0.4, -0.2) is 69.1 Å². The number of aromatic nitrogens is 2. The Labute approximate surface area is 200 Å². The number of rotatable bonds is 3. The van der Waals surface area contributed by atoms with Crippen molar-refractivity contribution in [1.29, 1.82) is 0 Å². The molecule has 6 nitrogen and oxygen atoms in total. The van der Waals surface area contributed by atoms with E-state index < -0.39 is 0 Å². The number of hydrogen-bond donors (Lipinski definition) is 1. The maximum Gasteiger partial charge on any atom is 0.255 e. The first-order valence-corrected chi connectivity index (χ1v) is 11.8. The normalized spacial score (nSPS) is 22.4. The van der Waals surface area contributed by atoms with Crippen molar-refractivity contribution in [2.45, 2.75) is 30.8 Å². The zero-order valence-electron chi connectivity index (χ0n) is 19.0. The Morgan fingerprint density at radius 3 is 2.38 bits per heavy atom. The minimum Gasteiger partial charge on any atom is -0.395 e. The van der Waals surface area contributed by atoms with E-state index in [0.29, 0.717) is 12.1 Å². The molecule has 6 heteroatoms. The molecule has 1 N–H and O–H groups in total. The lowest BCUT2D eigenvalue weighted by molar-refractivity contribution is -0.0606. The fourth-order valence-corrected chi connectivity index (χ4v) is 5.17. The summed E-state index contributed by atoms with van der Waals surface area (Å²) in [4.78, 5) is 25.7. The van der Waals surface area contributed by atoms with Crippen LogP contribution in [0.25, 0.3) is 0 Å². The number of benzene rings is 1. The monoisotopic (exact) mass is 452 g/mol. The van der Waals surface area contributed by atoms with Crippen LogP contribution < -0.4 is 0 Å². The lowest BCUT2D eigenvalue weighted by Crippen LogP contribution is -2.67. The quantitative estimate of drug-likeness (QED) is 0.619. The molecule has 2 aliphatic rings. The van der Waals surface area contributed by atoms with Crippen LogP contribution in [0.4, 0.5) is 0 Å². The van der Waals surface area contributed by atoms with Crippen molar-refractivity contribution in [3.05, 3.63) is 95.6 Å². The fraction of sp³-hybridized carbons (Fsp3) is 0.321. The zero-order chi connectivity index (χ0) is 23.3. The molecule has 0 unspecified atom stereocenters. The van der Waals surface area contributed by atoms with Gasteiger partial charge in [0, 0.05) is 67.0 Å². The second-order valence-electron chi connectivity index (χ2n) is 8.89. The molecular formula is C28H28N4O2. The first-order valence-electron chi connectivity index (χ1n) is 11.8. The number of hydrogen-bond acceptors (Lipinski definition) is 5. The van der Waals surface area contributed by atoms with Crippen molar-refractivity contribution in [1.82, 2.24) is 19.8 Å². The highest BCUT2D eigenvalue weighted by Gasteiger charge is 2.49. The minimum absolute atomic E-state index is 0.0298. The van der Waals surface area contributed by atoms with Gasteiger partial charge in [-0.05, 0) is 61.3 Å². The van der Waals surface area contributed by atoms with E-state index in [1.165, 1.54) is 5.56 Å². The molecule has 2 aromatic heterocycles. The summed E-state index contributed by atoms with van der Waals surface area (Å²) in [6, 6.07) is 16.0. The summed E-state index contributed by atoms with van der Waals surface area (Å²) in [5.74, 6) is 6.54. The summed E-state index contributed by atoms with van der Waals surface area (Å²) in [5.41, 5.74) is 3.63. The second-order valence-corrected chi connectivity index (χ2v) is 8.89. The molecule has 3 aromatic rings. The molecular weight excluding hydrogens is 424 g/mol. The number of fused-ring (bicyclic) bond motifs is 1. The van der Waals surface area contributed by atoms with Gasteiger partial charge in [0.1, 0.15) is 0 Å². The Balaban J connectivity index is 1.35. The average molecular weight is 453 g/mol. The van der Waals surface area contributed by atoms with Gasteiger partial charge >= 0.3 is 0 Å². The molecule has 2 saturated heterocycles. The first-order chi connectivity index (χ1) is 16.7. The van der Waals surface area contributed by atoms with Crippen LogP contribution in [0.3, 0.4) is 0 Å². The van der Waals surface area contributed by atoms with Gasteiger partial charge in [0.2, 0.25) is 0 Å².